The van der Waals surface area contributed by atoms with Gasteiger partial charge in [0.2, 0.25) is 0 Å². The maximum Gasteiger partial charge on any atom is 0.336 e. The third-order valence-electron chi connectivity index (χ3n) is 3.74. The zero-order valence-electron chi connectivity index (χ0n) is 12.4. The van der Waals surface area contributed by atoms with Crippen LogP contribution in [-0.4, -0.2) is 18.0 Å². The summed E-state index contributed by atoms with van der Waals surface area (Å²) in [6.45, 7) is 0. The molecule has 2 aromatic rings. The Morgan fingerprint density at radius 1 is 1.17 bits per heavy atom. The highest BCUT2D eigenvalue weighted by Crippen LogP contribution is 2.33. The average molecular weight is 310 g/mol. The first kappa shape index (κ1) is 14.8. The Morgan fingerprint density at radius 2 is 1.87 bits per heavy atom. The summed E-state index contributed by atoms with van der Waals surface area (Å²) in [5, 5.41) is 14.0. The van der Waals surface area contributed by atoms with E-state index >= 15 is 0 Å². The van der Waals surface area contributed by atoms with Crippen molar-refractivity contribution < 1.29 is 14.5 Å². The summed E-state index contributed by atoms with van der Waals surface area (Å²) in [7, 11) is 1.34. The van der Waals surface area contributed by atoms with Crippen LogP contribution in [0.2, 0.25) is 0 Å². The van der Waals surface area contributed by atoms with E-state index in [1.54, 1.807) is 12.1 Å². The minimum atomic E-state index is -0.455. The third-order valence-corrected chi connectivity index (χ3v) is 3.74. The van der Waals surface area contributed by atoms with Crippen molar-refractivity contribution in [3.05, 3.63) is 75.3 Å². The van der Waals surface area contributed by atoms with Gasteiger partial charge < -0.3 is 10.1 Å². The van der Waals surface area contributed by atoms with Gasteiger partial charge in [0.05, 0.1) is 23.3 Å². The molecule has 0 amide bonds. The van der Waals surface area contributed by atoms with Crippen LogP contribution in [0.5, 0.6) is 0 Å². The number of nitro benzene ring substituents is 1. The van der Waals surface area contributed by atoms with E-state index in [4.69, 9.17) is 4.74 Å². The van der Waals surface area contributed by atoms with E-state index in [9.17, 15) is 14.9 Å². The lowest BCUT2D eigenvalue weighted by Crippen LogP contribution is -2.19. The zero-order chi connectivity index (χ0) is 16.4. The predicted octanol–water partition coefficient (Wildman–Crippen LogP) is 3.15. The van der Waals surface area contributed by atoms with Crippen molar-refractivity contribution in [2.24, 2.45) is 0 Å². The second-order valence-electron chi connectivity index (χ2n) is 5.11. The molecular formula is C17H14N2O4. The molecule has 1 aliphatic heterocycles. The fourth-order valence-electron chi connectivity index (χ4n) is 2.58. The molecule has 0 unspecified atom stereocenters. The largest absolute Gasteiger partial charge is 0.466 e. The fourth-order valence-corrected chi connectivity index (χ4v) is 2.58. The van der Waals surface area contributed by atoms with Gasteiger partial charge in [-0.1, -0.05) is 18.2 Å². The highest BCUT2D eigenvalue weighted by atomic mass is 16.6. The highest BCUT2D eigenvalue weighted by molar-refractivity contribution is 6.02. The molecule has 0 aliphatic carbocycles. The van der Waals surface area contributed by atoms with Gasteiger partial charge in [-0.25, -0.2) is 4.79 Å². The first-order valence-corrected chi connectivity index (χ1v) is 7.01. The van der Waals surface area contributed by atoms with Gasteiger partial charge in [0.25, 0.3) is 5.69 Å². The van der Waals surface area contributed by atoms with Crippen molar-refractivity contribution in [2.45, 2.75) is 6.42 Å². The van der Waals surface area contributed by atoms with Gasteiger partial charge in [0, 0.05) is 24.2 Å². The number of hydrogen-bond donors (Lipinski definition) is 1. The van der Waals surface area contributed by atoms with Crippen molar-refractivity contribution >= 4 is 23.0 Å². The third kappa shape index (κ3) is 2.78. The molecule has 23 heavy (non-hydrogen) atoms. The van der Waals surface area contributed by atoms with Crippen LogP contribution in [0.25, 0.3) is 5.70 Å². The van der Waals surface area contributed by atoms with Crippen molar-refractivity contribution in [3.8, 4) is 0 Å². The Hall–Kier alpha value is -3.15. The van der Waals surface area contributed by atoms with E-state index in [1.165, 1.54) is 19.2 Å². The van der Waals surface area contributed by atoms with Gasteiger partial charge in [0.15, 0.2) is 0 Å². The van der Waals surface area contributed by atoms with Crippen LogP contribution in [0.4, 0.5) is 11.4 Å². The molecule has 6 nitrogen and oxygen atoms in total. The van der Waals surface area contributed by atoms with E-state index in [0.29, 0.717) is 23.3 Å². The van der Waals surface area contributed by atoms with Gasteiger partial charge in [-0.2, -0.15) is 0 Å². The van der Waals surface area contributed by atoms with Crippen LogP contribution < -0.4 is 5.32 Å². The Kier molecular flexibility index (Phi) is 3.80. The number of nitro groups is 1. The molecule has 1 N–H and O–H groups in total. The van der Waals surface area contributed by atoms with Crippen molar-refractivity contribution in [1.82, 2.24) is 0 Å². The molecule has 0 saturated carbocycles. The second-order valence-corrected chi connectivity index (χ2v) is 5.11. The number of nitrogens with one attached hydrogen (secondary N) is 1. The topological polar surface area (TPSA) is 81.5 Å². The number of ether oxygens (including phenoxy) is 1. The van der Waals surface area contributed by atoms with E-state index in [-0.39, 0.29) is 5.69 Å². The first-order valence-electron chi connectivity index (χ1n) is 7.01. The van der Waals surface area contributed by atoms with E-state index in [0.717, 1.165) is 11.3 Å². The molecule has 0 saturated heterocycles. The van der Waals surface area contributed by atoms with Crippen molar-refractivity contribution in [3.63, 3.8) is 0 Å². The smallest absolute Gasteiger partial charge is 0.336 e. The molecule has 1 heterocycles. The van der Waals surface area contributed by atoms with Crippen molar-refractivity contribution in [2.75, 3.05) is 12.4 Å². The molecule has 1 aliphatic rings. The molecular weight excluding hydrogens is 296 g/mol. The van der Waals surface area contributed by atoms with E-state index < -0.39 is 10.9 Å². The van der Waals surface area contributed by atoms with Crippen LogP contribution in [-0.2, 0) is 16.0 Å². The number of carbonyl (C=O) groups is 1. The van der Waals surface area contributed by atoms with Gasteiger partial charge in [-0.05, 0) is 29.3 Å². The number of methoxy groups -OCH3 is 1. The predicted molar refractivity (Wildman–Crippen MR) is 85.8 cm³/mol. The molecule has 116 valence electrons. The summed E-state index contributed by atoms with van der Waals surface area (Å²) in [5.74, 6) is -0.416. The summed E-state index contributed by atoms with van der Waals surface area (Å²) in [6, 6.07) is 13.8. The molecule has 0 atom stereocenters. The minimum Gasteiger partial charge on any atom is -0.466 e. The first-order chi connectivity index (χ1) is 11.1. The quantitative estimate of drug-likeness (QED) is 0.535. The molecule has 0 aromatic heterocycles. The number of hydrogen-bond acceptors (Lipinski definition) is 5. The second kappa shape index (κ2) is 5.92. The lowest BCUT2D eigenvalue weighted by atomic mass is 9.94. The Morgan fingerprint density at radius 3 is 2.52 bits per heavy atom. The maximum atomic E-state index is 12.1. The zero-order valence-corrected chi connectivity index (χ0v) is 12.4. The van der Waals surface area contributed by atoms with Crippen LogP contribution >= 0.6 is 0 Å². The standard InChI is InChI=1S/C17H14N2O4/c1-23-17(20)14-10-12-4-2-3-5-15(12)18-16(14)11-6-8-13(9-7-11)19(21)22/h2-9,18H,10H2,1H3. The van der Waals surface area contributed by atoms with Gasteiger partial charge in [-0.15, -0.1) is 0 Å². The summed E-state index contributed by atoms with van der Waals surface area (Å²) in [5.41, 5.74) is 3.73. The van der Waals surface area contributed by atoms with Crippen LogP contribution in [0, 0.1) is 10.1 Å². The lowest BCUT2D eigenvalue weighted by Gasteiger charge is -2.23. The number of benzene rings is 2. The lowest BCUT2D eigenvalue weighted by molar-refractivity contribution is -0.384. The summed E-state index contributed by atoms with van der Waals surface area (Å²) >= 11 is 0. The summed E-state index contributed by atoms with van der Waals surface area (Å²) < 4.78 is 4.87. The average Bonchev–Trinajstić information content (AvgIpc) is 2.60. The molecule has 0 spiro atoms. The number of carbonyl (C=O) groups excluding carboxylic acids is 1. The number of fused-ring (bicyclic) bond motifs is 1. The number of anilines is 1. The van der Waals surface area contributed by atoms with Gasteiger partial charge in [0.1, 0.15) is 0 Å². The van der Waals surface area contributed by atoms with Crippen LogP contribution in [0.3, 0.4) is 0 Å². The molecule has 6 heteroatoms. The summed E-state index contributed by atoms with van der Waals surface area (Å²) in [4.78, 5) is 22.4. The monoisotopic (exact) mass is 310 g/mol. The molecule has 3 rings (SSSR count). The molecule has 2 aromatic carbocycles. The molecule has 0 bridgehead atoms. The number of esters is 1. The van der Waals surface area contributed by atoms with E-state index in [1.807, 2.05) is 24.3 Å². The Labute approximate surface area is 132 Å². The summed E-state index contributed by atoms with van der Waals surface area (Å²) in [6.07, 6.45) is 0.447. The highest BCUT2D eigenvalue weighted by Gasteiger charge is 2.24. The Bertz CT molecular complexity index is 810. The van der Waals surface area contributed by atoms with E-state index in [2.05, 4.69) is 5.32 Å². The van der Waals surface area contributed by atoms with Gasteiger partial charge >= 0.3 is 5.97 Å². The minimum absolute atomic E-state index is 0.00479. The Balaban J connectivity index is 2.06. The van der Waals surface area contributed by atoms with Gasteiger partial charge in [-0.3, -0.25) is 10.1 Å². The number of nitrogens with zero attached hydrogens (tertiary/aromatic N) is 1. The number of para-hydroxylation sites is 1. The normalized spacial score (nSPS) is 13.1. The van der Waals surface area contributed by atoms with Crippen LogP contribution in [0.1, 0.15) is 11.1 Å². The number of rotatable bonds is 3. The van der Waals surface area contributed by atoms with Crippen molar-refractivity contribution in [1.29, 1.82) is 0 Å². The molecule has 0 fully saturated rings. The fraction of sp³-hybridized carbons (Fsp3) is 0.118. The SMILES string of the molecule is COC(=O)C1=C(c2ccc([N+](=O)[O-])cc2)Nc2ccccc2C1. The maximum absolute atomic E-state index is 12.1. The molecule has 0 radical (unpaired) electrons. The number of non-ortho nitro benzene ring substituents is 1. The van der Waals surface area contributed by atoms with Crippen LogP contribution in [0.15, 0.2) is 54.1 Å².